The molecule has 0 amide bonds. The second-order valence-corrected chi connectivity index (χ2v) is 6.66. The number of carbonyl (C=O) groups is 1. The first-order chi connectivity index (χ1) is 12.6. The first kappa shape index (κ1) is 21.4. The molecule has 6 atom stereocenters. The largest absolute Gasteiger partial charge is 0.504 e. The highest BCUT2D eigenvalue weighted by Gasteiger charge is 2.48. The third kappa shape index (κ3) is 5.06. The lowest BCUT2D eigenvalue weighted by molar-refractivity contribution is -0.271. The van der Waals surface area contributed by atoms with Crippen molar-refractivity contribution in [1.29, 1.82) is 0 Å². The molecule has 1 heterocycles. The third-order valence-electron chi connectivity index (χ3n) is 4.14. The lowest BCUT2D eigenvalue weighted by Crippen LogP contribution is -2.61. The van der Waals surface area contributed by atoms with Crippen LogP contribution in [0.25, 0.3) is 0 Å². The van der Waals surface area contributed by atoms with E-state index in [9.17, 15) is 30.3 Å². The zero-order valence-corrected chi connectivity index (χ0v) is 14.9. The Morgan fingerprint density at radius 2 is 1.89 bits per heavy atom. The van der Waals surface area contributed by atoms with E-state index in [1.807, 2.05) is 13.8 Å². The summed E-state index contributed by atoms with van der Waals surface area (Å²) in [6, 6.07) is 4.23. The molecule has 3 unspecified atom stereocenters. The standard InChI is InChI=1S/C17H25NO9/c1-7(2)18-6-10(20)8-3-4-11(9(19)5-8)26-17-14(23)12(21)13(22)15(27-17)16(24)25/h3-5,7,10,12-15,17-23H,6H2,1-2H3,(H,24,25)/t10?,12-,13+,14?,15?,17+/m0/s1. The number of hydrogen-bond acceptors (Lipinski definition) is 9. The van der Waals surface area contributed by atoms with Crippen molar-refractivity contribution in [3.8, 4) is 11.5 Å². The molecule has 7 N–H and O–H groups in total. The van der Waals surface area contributed by atoms with Crippen LogP contribution < -0.4 is 10.1 Å². The van der Waals surface area contributed by atoms with Gasteiger partial charge in [-0.05, 0) is 17.7 Å². The van der Waals surface area contributed by atoms with Crippen LogP contribution in [0.4, 0.5) is 0 Å². The zero-order chi connectivity index (χ0) is 20.3. The molecule has 10 nitrogen and oxygen atoms in total. The van der Waals surface area contributed by atoms with Crippen molar-refractivity contribution in [3.05, 3.63) is 23.8 Å². The number of aliphatic hydroxyl groups is 4. The molecule has 0 radical (unpaired) electrons. The molecule has 1 aliphatic heterocycles. The number of nitrogens with one attached hydrogen (secondary N) is 1. The molecular formula is C17H25NO9. The Morgan fingerprint density at radius 3 is 2.44 bits per heavy atom. The van der Waals surface area contributed by atoms with Crippen LogP contribution >= 0.6 is 0 Å². The summed E-state index contributed by atoms with van der Waals surface area (Å²) in [4.78, 5) is 11.1. The van der Waals surface area contributed by atoms with E-state index in [0.717, 1.165) is 0 Å². The fraction of sp³-hybridized carbons (Fsp3) is 0.588. The van der Waals surface area contributed by atoms with Gasteiger partial charge >= 0.3 is 5.97 Å². The fourth-order valence-corrected chi connectivity index (χ4v) is 2.58. The number of rotatable bonds is 7. The van der Waals surface area contributed by atoms with Gasteiger partial charge in [-0.25, -0.2) is 4.79 Å². The van der Waals surface area contributed by atoms with Crippen LogP contribution in [-0.2, 0) is 9.53 Å². The summed E-state index contributed by atoms with van der Waals surface area (Å²) in [5, 5.41) is 61.6. The third-order valence-corrected chi connectivity index (χ3v) is 4.14. The van der Waals surface area contributed by atoms with Crippen molar-refractivity contribution in [2.24, 2.45) is 0 Å². The minimum Gasteiger partial charge on any atom is -0.504 e. The average molecular weight is 387 g/mol. The molecule has 1 aromatic rings. The topological polar surface area (TPSA) is 169 Å². The molecule has 27 heavy (non-hydrogen) atoms. The predicted molar refractivity (Wildman–Crippen MR) is 91.2 cm³/mol. The maximum absolute atomic E-state index is 11.1. The van der Waals surface area contributed by atoms with Crippen LogP contribution in [-0.4, -0.2) is 79.9 Å². The summed E-state index contributed by atoms with van der Waals surface area (Å²) >= 11 is 0. The van der Waals surface area contributed by atoms with Gasteiger partial charge in [0.2, 0.25) is 6.29 Å². The number of carboxylic acid groups (broad SMARTS) is 1. The van der Waals surface area contributed by atoms with Gasteiger partial charge < -0.3 is 45.4 Å². The van der Waals surface area contributed by atoms with Crippen molar-refractivity contribution in [1.82, 2.24) is 5.32 Å². The molecule has 152 valence electrons. The number of benzene rings is 1. The highest BCUT2D eigenvalue weighted by Crippen LogP contribution is 2.32. The Kier molecular flexibility index (Phi) is 6.98. The van der Waals surface area contributed by atoms with E-state index >= 15 is 0 Å². The first-order valence-corrected chi connectivity index (χ1v) is 8.45. The Balaban J connectivity index is 2.11. The summed E-state index contributed by atoms with van der Waals surface area (Å²) < 4.78 is 10.3. The van der Waals surface area contributed by atoms with Crippen LogP contribution in [0.5, 0.6) is 11.5 Å². The van der Waals surface area contributed by atoms with E-state index in [0.29, 0.717) is 5.56 Å². The van der Waals surface area contributed by atoms with Gasteiger partial charge in [0.15, 0.2) is 17.6 Å². The van der Waals surface area contributed by atoms with Crippen LogP contribution in [0.2, 0.25) is 0 Å². The van der Waals surface area contributed by atoms with E-state index in [1.165, 1.54) is 18.2 Å². The summed E-state index contributed by atoms with van der Waals surface area (Å²) in [5.74, 6) is -2.07. The lowest BCUT2D eigenvalue weighted by atomic mass is 9.99. The van der Waals surface area contributed by atoms with Gasteiger partial charge in [0, 0.05) is 12.6 Å². The SMILES string of the molecule is CC(C)NCC(O)c1ccc(O[C@@H]2OC(C(=O)O)[C@H](O)[C@H](O)C2O)c(O)c1. The molecule has 0 aliphatic carbocycles. The minimum absolute atomic E-state index is 0.153. The smallest absolute Gasteiger partial charge is 0.335 e. The quantitative estimate of drug-likeness (QED) is 0.298. The molecule has 1 aromatic carbocycles. The fourth-order valence-electron chi connectivity index (χ4n) is 2.58. The van der Waals surface area contributed by atoms with Crippen LogP contribution in [0.15, 0.2) is 18.2 Å². The van der Waals surface area contributed by atoms with Crippen molar-refractivity contribution >= 4 is 5.97 Å². The van der Waals surface area contributed by atoms with E-state index in [2.05, 4.69) is 5.32 Å². The minimum atomic E-state index is -1.84. The molecule has 2 rings (SSSR count). The van der Waals surface area contributed by atoms with Crippen molar-refractivity contribution in [2.45, 2.75) is 56.7 Å². The Labute approximate surface area is 155 Å². The highest BCUT2D eigenvalue weighted by atomic mass is 16.7. The van der Waals surface area contributed by atoms with Gasteiger partial charge in [-0.3, -0.25) is 0 Å². The van der Waals surface area contributed by atoms with E-state index in [1.54, 1.807) is 0 Å². The summed E-state index contributed by atoms with van der Waals surface area (Å²) in [7, 11) is 0. The molecule has 0 spiro atoms. The van der Waals surface area contributed by atoms with E-state index in [-0.39, 0.29) is 24.1 Å². The molecule has 0 saturated carbocycles. The van der Waals surface area contributed by atoms with Crippen molar-refractivity contribution < 1.29 is 44.9 Å². The number of phenolic OH excluding ortho intramolecular Hbond substituents is 1. The van der Waals surface area contributed by atoms with Crippen molar-refractivity contribution in [2.75, 3.05) is 6.54 Å². The average Bonchev–Trinajstić information content (AvgIpc) is 2.61. The summed E-state index contributed by atoms with van der Waals surface area (Å²) in [6.45, 7) is 4.12. The maximum Gasteiger partial charge on any atom is 0.335 e. The van der Waals surface area contributed by atoms with Gasteiger partial charge in [0.1, 0.15) is 18.3 Å². The molecular weight excluding hydrogens is 362 g/mol. The number of aliphatic hydroxyl groups excluding tert-OH is 4. The number of aromatic hydroxyl groups is 1. The Bertz CT molecular complexity index is 653. The molecule has 1 saturated heterocycles. The van der Waals surface area contributed by atoms with E-state index in [4.69, 9.17) is 14.6 Å². The van der Waals surface area contributed by atoms with Crippen LogP contribution in [0.3, 0.4) is 0 Å². The predicted octanol–water partition coefficient (Wildman–Crippen LogP) is -1.31. The number of hydrogen-bond donors (Lipinski definition) is 7. The molecule has 10 heteroatoms. The highest BCUT2D eigenvalue weighted by molar-refractivity contribution is 5.73. The number of ether oxygens (including phenoxy) is 2. The lowest BCUT2D eigenvalue weighted by Gasteiger charge is -2.38. The monoisotopic (exact) mass is 387 g/mol. The van der Waals surface area contributed by atoms with Crippen molar-refractivity contribution in [3.63, 3.8) is 0 Å². The maximum atomic E-state index is 11.1. The number of phenols is 1. The van der Waals surface area contributed by atoms with Gasteiger partial charge in [0.25, 0.3) is 0 Å². The van der Waals surface area contributed by atoms with Gasteiger partial charge in [0.05, 0.1) is 6.10 Å². The molecule has 1 aliphatic rings. The summed E-state index contributed by atoms with van der Waals surface area (Å²) in [6.07, 6.45) is -9.70. The van der Waals surface area contributed by atoms with Gasteiger partial charge in [-0.2, -0.15) is 0 Å². The van der Waals surface area contributed by atoms with Crippen LogP contribution in [0.1, 0.15) is 25.5 Å². The first-order valence-electron chi connectivity index (χ1n) is 8.45. The second kappa shape index (κ2) is 8.83. The van der Waals surface area contributed by atoms with Gasteiger partial charge in [-0.1, -0.05) is 19.9 Å². The molecule has 1 fully saturated rings. The normalized spacial score (nSPS) is 29.5. The molecule has 0 aromatic heterocycles. The van der Waals surface area contributed by atoms with E-state index < -0.39 is 42.8 Å². The second-order valence-electron chi connectivity index (χ2n) is 6.66. The Hall–Kier alpha value is -1.95. The molecule has 0 bridgehead atoms. The number of aliphatic carboxylic acids is 1. The van der Waals surface area contributed by atoms with Gasteiger partial charge in [-0.15, -0.1) is 0 Å². The Morgan fingerprint density at radius 1 is 1.22 bits per heavy atom. The zero-order valence-electron chi connectivity index (χ0n) is 14.9. The number of carboxylic acids is 1. The van der Waals surface area contributed by atoms with Crippen LogP contribution in [0, 0.1) is 0 Å². The summed E-state index contributed by atoms with van der Waals surface area (Å²) in [5.41, 5.74) is 0.414.